The highest BCUT2D eigenvalue weighted by molar-refractivity contribution is 6.02. The summed E-state index contributed by atoms with van der Waals surface area (Å²) in [4.78, 5) is 0. The molecule has 0 unspecified atom stereocenters. The molecule has 0 fully saturated rings. The Balaban J connectivity index is 2.90. The largest absolute Gasteiger partial charge is 0.398 e. The van der Waals surface area contributed by atoms with Crippen molar-refractivity contribution < 1.29 is 0 Å². The van der Waals surface area contributed by atoms with Crippen molar-refractivity contribution in [2.45, 2.75) is 26.2 Å². The molecule has 18 heavy (non-hydrogen) atoms. The first-order chi connectivity index (χ1) is 8.21. The summed E-state index contributed by atoms with van der Waals surface area (Å²) in [6.45, 7) is 6.25. The van der Waals surface area contributed by atoms with Crippen LogP contribution in [0.25, 0.3) is 10.8 Å². The zero-order valence-electron chi connectivity index (χ0n) is 11.0. The Morgan fingerprint density at radius 1 is 0.778 bits per heavy atom. The fourth-order valence-electron chi connectivity index (χ4n) is 2.37. The van der Waals surface area contributed by atoms with Gasteiger partial charge in [0.1, 0.15) is 0 Å². The average molecular weight is 244 g/mol. The molecule has 2 aromatic rings. The number of nitrogens with two attached hydrogens (primary N) is 4. The van der Waals surface area contributed by atoms with Crippen molar-refractivity contribution in [2.24, 2.45) is 0 Å². The molecule has 0 radical (unpaired) electrons. The molecule has 2 rings (SSSR count). The van der Waals surface area contributed by atoms with Crippen LogP contribution in [0.3, 0.4) is 0 Å². The Hall–Kier alpha value is -2.10. The van der Waals surface area contributed by atoms with Crippen LogP contribution < -0.4 is 22.9 Å². The van der Waals surface area contributed by atoms with Crippen molar-refractivity contribution in [3.63, 3.8) is 0 Å². The van der Waals surface area contributed by atoms with E-state index in [1.54, 1.807) is 0 Å². The monoisotopic (exact) mass is 244 g/mol. The minimum atomic E-state index is -0.113. The minimum Gasteiger partial charge on any atom is -0.398 e. The van der Waals surface area contributed by atoms with Crippen LogP contribution in [-0.4, -0.2) is 0 Å². The summed E-state index contributed by atoms with van der Waals surface area (Å²) < 4.78 is 0. The molecule has 0 aliphatic carbocycles. The lowest BCUT2D eigenvalue weighted by Gasteiger charge is -2.24. The number of hydrogen-bond acceptors (Lipinski definition) is 4. The lowest BCUT2D eigenvalue weighted by atomic mass is 9.83. The van der Waals surface area contributed by atoms with Gasteiger partial charge < -0.3 is 22.9 Å². The molecular weight excluding hydrogens is 224 g/mol. The van der Waals surface area contributed by atoms with Crippen LogP contribution >= 0.6 is 0 Å². The van der Waals surface area contributed by atoms with Gasteiger partial charge in [-0.1, -0.05) is 20.8 Å². The van der Waals surface area contributed by atoms with Gasteiger partial charge in [-0.3, -0.25) is 0 Å². The molecule has 8 N–H and O–H groups in total. The van der Waals surface area contributed by atoms with E-state index in [0.717, 1.165) is 16.3 Å². The molecule has 0 saturated heterocycles. The summed E-state index contributed by atoms with van der Waals surface area (Å²) in [6.07, 6.45) is 0. The highest BCUT2D eigenvalue weighted by atomic mass is 14.7. The molecule has 0 spiro atoms. The predicted octanol–water partition coefficient (Wildman–Crippen LogP) is 2.47. The molecule has 0 bridgehead atoms. The van der Waals surface area contributed by atoms with Crippen molar-refractivity contribution in [3.8, 4) is 0 Å². The van der Waals surface area contributed by atoms with E-state index >= 15 is 0 Å². The SMILES string of the molecule is CC(C)(C)c1c(N)cc2cc(N)c(N)cc2c1N. The van der Waals surface area contributed by atoms with Crippen LogP contribution in [0, 0.1) is 0 Å². The smallest absolute Gasteiger partial charge is 0.0555 e. The summed E-state index contributed by atoms with van der Waals surface area (Å²) in [5, 5.41) is 1.82. The van der Waals surface area contributed by atoms with Gasteiger partial charge >= 0.3 is 0 Å². The van der Waals surface area contributed by atoms with Gasteiger partial charge in [-0.05, 0) is 29.0 Å². The number of fused-ring (bicyclic) bond motifs is 1. The number of hydrogen-bond donors (Lipinski definition) is 4. The average Bonchev–Trinajstić information content (AvgIpc) is 2.19. The lowest BCUT2D eigenvalue weighted by molar-refractivity contribution is 0.595. The predicted molar refractivity (Wildman–Crippen MR) is 80.3 cm³/mol. The fourth-order valence-corrected chi connectivity index (χ4v) is 2.37. The van der Waals surface area contributed by atoms with Gasteiger partial charge in [-0.25, -0.2) is 0 Å². The van der Waals surface area contributed by atoms with Crippen molar-refractivity contribution in [1.29, 1.82) is 0 Å². The second-order valence-corrected chi connectivity index (χ2v) is 5.71. The summed E-state index contributed by atoms with van der Waals surface area (Å²) in [5.74, 6) is 0. The van der Waals surface area contributed by atoms with Crippen LogP contribution in [-0.2, 0) is 5.41 Å². The minimum absolute atomic E-state index is 0.113. The third-order valence-corrected chi connectivity index (χ3v) is 3.16. The Kier molecular flexibility index (Phi) is 2.54. The highest BCUT2D eigenvalue weighted by Crippen LogP contribution is 2.39. The van der Waals surface area contributed by atoms with E-state index in [0.29, 0.717) is 22.7 Å². The van der Waals surface area contributed by atoms with E-state index in [-0.39, 0.29) is 5.41 Å². The molecule has 2 aromatic carbocycles. The lowest BCUT2D eigenvalue weighted by Crippen LogP contribution is -2.17. The van der Waals surface area contributed by atoms with Crippen LogP contribution in [0.4, 0.5) is 22.7 Å². The van der Waals surface area contributed by atoms with Crippen LogP contribution in [0.5, 0.6) is 0 Å². The third-order valence-electron chi connectivity index (χ3n) is 3.16. The number of anilines is 4. The number of rotatable bonds is 0. The van der Waals surface area contributed by atoms with E-state index < -0.39 is 0 Å². The van der Waals surface area contributed by atoms with Crippen molar-refractivity contribution >= 4 is 33.5 Å². The first-order valence-corrected chi connectivity index (χ1v) is 5.89. The number of nitrogen functional groups attached to an aromatic ring is 4. The van der Waals surface area contributed by atoms with Crippen LogP contribution in [0.1, 0.15) is 26.3 Å². The molecule has 0 aromatic heterocycles. The van der Waals surface area contributed by atoms with Gasteiger partial charge in [0, 0.05) is 22.3 Å². The molecule has 96 valence electrons. The van der Waals surface area contributed by atoms with Crippen LogP contribution in [0.15, 0.2) is 18.2 Å². The molecule has 0 aliphatic heterocycles. The quantitative estimate of drug-likeness (QED) is 0.534. The van der Waals surface area contributed by atoms with E-state index in [2.05, 4.69) is 20.8 Å². The van der Waals surface area contributed by atoms with Gasteiger partial charge in [0.25, 0.3) is 0 Å². The number of benzene rings is 2. The molecule has 0 heterocycles. The molecule has 0 aliphatic rings. The van der Waals surface area contributed by atoms with Gasteiger partial charge in [0.05, 0.1) is 11.4 Å². The molecule has 4 heteroatoms. The second-order valence-electron chi connectivity index (χ2n) is 5.71. The summed E-state index contributed by atoms with van der Waals surface area (Å²) in [6, 6.07) is 5.53. The van der Waals surface area contributed by atoms with Crippen LogP contribution in [0.2, 0.25) is 0 Å². The van der Waals surface area contributed by atoms with Crippen molar-refractivity contribution in [3.05, 3.63) is 23.8 Å². The van der Waals surface area contributed by atoms with E-state index in [1.807, 2.05) is 18.2 Å². The normalized spacial score (nSPS) is 11.9. The zero-order valence-corrected chi connectivity index (χ0v) is 11.0. The Labute approximate surface area is 107 Å². The molecule has 0 saturated carbocycles. The first-order valence-electron chi connectivity index (χ1n) is 5.89. The van der Waals surface area contributed by atoms with E-state index in [1.165, 1.54) is 0 Å². The summed E-state index contributed by atoms with van der Waals surface area (Å²) in [7, 11) is 0. The Morgan fingerprint density at radius 2 is 1.28 bits per heavy atom. The van der Waals surface area contributed by atoms with Gasteiger partial charge in [-0.2, -0.15) is 0 Å². The van der Waals surface area contributed by atoms with Gasteiger partial charge in [-0.15, -0.1) is 0 Å². The molecule has 4 nitrogen and oxygen atoms in total. The second kappa shape index (κ2) is 3.70. The maximum Gasteiger partial charge on any atom is 0.0555 e. The van der Waals surface area contributed by atoms with E-state index in [4.69, 9.17) is 22.9 Å². The van der Waals surface area contributed by atoms with Gasteiger partial charge in [0.15, 0.2) is 0 Å². The Bertz CT molecular complexity index is 624. The maximum absolute atomic E-state index is 6.25. The third kappa shape index (κ3) is 1.79. The zero-order chi connectivity index (χ0) is 13.7. The highest BCUT2D eigenvalue weighted by Gasteiger charge is 2.22. The molecular formula is C14H20N4. The standard InChI is InChI=1S/C14H20N4/c1-14(2,3)12-11(17)5-7-4-9(15)10(16)6-8(7)13(12)18/h4-6H,15-18H2,1-3H3. The molecule has 0 atom stereocenters. The van der Waals surface area contributed by atoms with Crippen molar-refractivity contribution in [2.75, 3.05) is 22.9 Å². The maximum atomic E-state index is 6.25. The van der Waals surface area contributed by atoms with Gasteiger partial charge in [0.2, 0.25) is 0 Å². The fraction of sp³-hybridized carbons (Fsp3) is 0.286. The molecule has 0 amide bonds. The Morgan fingerprint density at radius 3 is 1.83 bits per heavy atom. The topological polar surface area (TPSA) is 104 Å². The first kappa shape index (κ1) is 12.4. The summed E-state index contributed by atoms with van der Waals surface area (Å²) in [5.41, 5.74) is 27.3. The van der Waals surface area contributed by atoms with Crippen molar-refractivity contribution in [1.82, 2.24) is 0 Å². The summed E-state index contributed by atoms with van der Waals surface area (Å²) >= 11 is 0. The van der Waals surface area contributed by atoms with E-state index in [9.17, 15) is 0 Å².